The van der Waals surface area contributed by atoms with Crippen molar-refractivity contribution in [2.45, 2.75) is 0 Å². The van der Waals surface area contributed by atoms with Crippen LogP contribution in [-0.2, 0) is 0 Å². The van der Waals surface area contributed by atoms with E-state index < -0.39 is 0 Å². The molecular formula is C69H44N6S. The molecule has 0 bridgehead atoms. The number of fused-ring (bicyclic) bond motifs is 10. The molecule has 0 saturated carbocycles. The molecule has 0 aliphatic carbocycles. The highest BCUT2D eigenvalue weighted by Crippen LogP contribution is 2.45. The summed E-state index contributed by atoms with van der Waals surface area (Å²) in [6.07, 6.45) is 0. The Morgan fingerprint density at radius 2 is 0.789 bits per heavy atom. The molecule has 0 amide bonds. The van der Waals surface area contributed by atoms with Gasteiger partial charge in [-0.05, 0) is 101 Å². The molecule has 15 aromatic rings. The minimum absolute atomic E-state index is 0.553. The number of rotatable bonds is 9. The van der Waals surface area contributed by atoms with Crippen molar-refractivity contribution >= 4 is 92.2 Å². The van der Waals surface area contributed by atoms with Crippen molar-refractivity contribution in [1.29, 1.82) is 0 Å². The lowest BCUT2D eigenvalue weighted by molar-refractivity contribution is 0.953. The monoisotopic (exact) mass is 988 g/mol. The van der Waals surface area contributed by atoms with Gasteiger partial charge in [-0.2, -0.15) is 9.97 Å². The molecule has 0 aliphatic heterocycles. The molecule has 0 spiro atoms. The van der Waals surface area contributed by atoms with E-state index in [1.165, 1.54) is 42.1 Å². The molecule has 0 radical (unpaired) electrons. The summed E-state index contributed by atoms with van der Waals surface area (Å²) in [5.74, 6) is 1.78. The number of aromatic nitrogens is 5. The summed E-state index contributed by atoms with van der Waals surface area (Å²) in [5, 5.41) is 7.16. The number of nitrogens with zero attached hydrogens (tertiary/aromatic N) is 6. The Hall–Kier alpha value is -9.95. The van der Waals surface area contributed by atoms with E-state index >= 15 is 0 Å². The Balaban J connectivity index is 0.930. The van der Waals surface area contributed by atoms with Crippen LogP contribution in [0, 0.1) is 0 Å². The Labute approximate surface area is 442 Å². The third-order valence-corrected chi connectivity index (χ3v) is 15.9. The zero-order valence-electron chi connectivity index (χ0n) is 41.0. The largest absolute Gasteiger partial charge is 0.310 e. The summed E-state index contributed by atoms with van der Waals surface area (Å²) in [4.78, 5) is 18.1. The zero-order valence-corrected chi connectivity index (χ0v) is 41.8. The quantitative estimate of drug-likeness (QED) is 0.145. The lowest BCUT2D eigenvalue weighted by atomic mass is 10.0. The van der Waals surface area contributed by atoms with Crippen molar-refractivity contribution in [3.63, 3.8) is 0 Å². The molecule has 0 unspecified atom stereocenters. The normalized spacial score (nSPS) is 11.7. The van der Waals surface area contributed by atoms with E-state index in [1.807, 2.05) is 47.7 Å². The van der Waals surface area contributed by atoms with Gasteiger partial charge in [0.25, 0.3) is 0 Å². The number of benzene rings is 11. The van der Waals surface area contributed by atoms with Crippen LogP contribution in [0.1, 0.15) is 0 Å². The van der Waals surface area contributed by atoms with Crippen LogP contribution in [0.3, 0.4) is 0 Å². The molecule has 15 rings (SSSR count). The molecule has 4 aromatic heterocycles. The number of para-hydroxylation sites is 2. The maximum absolute atomic E-state index is 5.31. The standard InChI is InChI=1S/C69H44N6S/c1-5-17-45(18-6-1)46-29-34-52(35-30-46)73(54-38-39-57-56-26-14-16-28-63(56)76-64(57)44-54)53-36-31-47(32-37-53)50-33-41-61-59(43-50)65-62(42-40-58-55-25-13-15-27-60(55)74(66(58)65)51-23-11-4-12-24-51)75(61)69-71-67(48-19-7-2-8-20-48)70-68(72-69)49-21-9-3-10-22-49/h1-44H. The van der Waals surface area contributed by atoms with E-state index in [0.29, 0.717) is 17.6 Å². The third-order valence-electron chi connectivity index (χ3n) is 14.8. The smallest absolute Gasteiger partial charge is 0.238 e. The molecule has 76 heavy (non-hydrogen) atoms. The van der Waals surface area contributed by atoms with Crippen molar-refractivity contribution in [2.75, 3.05) is 4.90 Å². The average Bonchev–Trinajstić information content (AvgIpc) is 4.26. The number of thiophene rings is 1. The van der Waals surface area contributed by atoms with E-state index in [0.717, 1.165) is 77.8 Å². The molecule has 11 aromatic carbocycles. The SMILES string of the molecule is c1ccc(-c2ccc(N(c3ccc(-c4ccc5c(c4)c4c(ccc6c7ccccc7n(-c7ccccc7)c64)n5-c4nc(-c5ccccc5)nc(-c5ccccc5)n4)cc3)c3ccc4c(c3)sc3ccccc34)cc2)cc1. The molecule has 7 heteroatoms. The Kier molecular flexibility index (Phi) is 10.3. The molecule has 0 atom stereocenters. The minimum Gasteiger partial charge on any atom is -0.310 e. The van der Waals surface area contributed by atoms with Gasteiger partial charge in [0.15, 0.2) is 11.6 Å². The van der Waals surface area contributed by atoms with Crippen molar-refractivity contribution in [3.8, 4) is 56.7 Å². The molecule has 0 N–H and O–H groups in total. The second-order valence-electron chi connectivity index (χ2n) is 19.2. The fraction of sp³-hybridized carbons (Fsp3) is 0. The van der Waals surface area contributed by atoms with Crippen molar-refractivity contribution < 1.29 is 0 Å². The summed E-state index contributed by atoms with van der Waals surface area (Å²) in [6.45, 7) is 0. The van der Waals surface area contributed by atoms with Gasteiger partial charge in [-0.25, -0.2) is 4.98 Å². The maximum atomic E-state index is 5.31. The van der Waals surface area contributed by atoms with Gasteiger partial charge in [-0.15, -0.1) is 11.3 Å². The molecule has 0 aliphatic rings. The van der Waals surface area contributed by atoms with Gasteiger partial charge in [-0.1, -0.05) is 188 Å². The lowest BCUT2D eigenvalue weighted by Crippen LogP contribution is -2.09. The van der Waals surface area contributed by atoms with Gasteiger partial charge in [0, 0.05) is 75.6 Å². The molecule has 0 saturated heterocycles. The van der Waals surface area contributed by atoms with Crippen molar-refractivity contribution in [3.05, 3.63) is 267 Å². The summed E-state index contributed by atoms with van der Waals surface area (Å²) in [6, 6.07) is 95.3. The first kappa shape index (κ1) is 43.6. The molecule has 6 nitrogen and oxygen atoms in total. The first-order valence-electron chi connectivity index (χ1n) is 25.6. The van der Waals surface area contributed by atoms with Gasteiger partial charge in [0.05, 0.1) is 22.1 Å². The third kappa shape index (κ3) is 7.28. The van der Waals surface area contributed by atoms with Crippen LogP contribution in [0.2, 0.25) is 0 Å². The topological polar surface area (TPSA) is 51.8 Å². The van der Waals surface area contributed by atoms with Crippen LogP contribution < -0.4 is 4.90 Å². The molecular weight excluding hydrogens is 945 g/mol. The summed E-state index contributed by atoms with van der Waals surface area (Å²) < 4.78 is 7.22. The van der Waals surface area contributed by atoms with Gasteiger partial charge in [0.1, 0.15) is 0 Å². The van der Waals surface area contributed by atoms with Crippen LogP contribution in [0.4, 0.5) is 17.1 Å². The molecule has 0 fully saturated rings. The fourth-order valence-corrected chi connectivity index (χ4v) is 12.4. The first-order valence-corrected chi connectivity index (χ1v) is 26.4. The summed E-state index contributed by atoms with van der Waals surface area (Å²) >= 11 is 1.84. The van der Waals surface area contributed by atoms with E-state index in [1.54, 1.807) is 0 Å². The second-order valence-corrected chi connectivity index (χ2v) is 20.3. The number of anilines is 3. The van der Waals surface area contributed by atoms with Crippen LogP contribution in [0.5, 0.6) is 0 Å². The highest BCUT2D eigenvalue weighted by molar-refractivity contribution is 7.25. The van der Waals surface area contributed by atoms with Crippen LogP contribution >= 0.6 is 11.3 Å². The number of hydrogen-bond donors (Lipinski definition) is 0. The van der Waals surface area contributed by atoms with Crippen molar-refractivity contribution in [2.24, 2.45) is 0 Å². The predicted octanol–water partition coefficient (Wildman–Crippen LogP) is 18.6. The minimum atomic E-state index is 0.553. The van der Waals surface area contributed by atoms with Gasteiger partial charge >= 0.3 is 0 Å². The molecule has 356 valence electrons. The van der Waals surface area contributed by atoms with Gasteiger partial charge in [0.2, 0.25) is 5.95 Å². The van der Waals surface area contributed by atoms with E-state index in [-0.39, 0.29) is 0 Å². The van der Waals surface area contributed by atoms with Gasteiger partial charge < -0.3 is 9.47 Å². The average molecular weight is 989 g/mol. The van der Waals surface area contributed by atoms with Crippen LogP contribution in [0.25, 0.3) is 120 Å². The highest BCUT2D eigenvalue weighted by Gasteiger charge is 2.24. The van der Waals surface area contributed by atoms with Crippen LogP contribution in [0.15, 0.2) is 267 Å². The molecule has 4 heterocycles. The first-order chi connectivity index (χ1) is 37.7. The fourth-order valence-electron chi connectivity index (χ4n) is 11.2. The van der Waals surface area contributed by atoms with E-state index in [9.17, 15) is 0 Å². The second kappa shape index (κ2) is 17.9. The Morgan fingerprint density at radius 3 is 1.46 bits per heavy atom. The van der Waals surface area contributed by atoms with Crippen LogP contribution in [-0.4, -0.2) is 24.1 Å². The van der Waals surface area contributed by atoms with Gasteiger partial charge in [-0.3, -0.25) is 4.57 Å². The van der Waals surface area contributed by atoms with Crippen molar-refractivity contribution in [1.82, 2.24) is 24.1 Å². The Morgan fingerprint density at radius 1 is 0.303 bits per heavy atom. The van der Waals surface area contributed by atoms with E-state index in [2.05, 4.69) is 245 Å². The lowest BCUT2D eigenvalue weighted by Gasteiger charge is -2.26. The summed E-state index contributed by atoms with van der Waals surface area (Å²) in [5.41, 5.74) is 15.1. The predicted molar refractivity (Wildman–Crippen MR) is 318 cm³/mol. The maximum Gasteiger partial charge on any atom is 0.238 e. The van der Waals surface area contributed by atoms with E-state index in [4.69, 9.17) is 15.0 Å². The summed E-state index contributed by atoms with van der Waals surface area (Å²) in [7, 11) is 0. The zero-order chi connectivity index (χ0) is 50.1. The Bertz CT molecular complexity index is 4600. The highest BCUT2D eigenvalue weighted by atomic mass is 32.1. The number of hydrogen-bond acceptors (Lipinski definition) is 5.